The largest absolute Gasteiger partial charge is 0.340 e. The molecular weight excluding hydrogens is 339 g/mol. The molecule has 2 aromatic carbocycles. The Kier molecular flexibility index (Phi) is 4.64. The SMILES string of the molecule is Cc1cc2nc(N3CCNCC3)n(Cc3cc(C)c(F)c(C)c3)c2cc1C. The molecule has 1 aliphatic rings. The molecule has 0 spiro atoms. The summed E-state index contributed by atoms with van der Waals surface area (Å²) in [6.07, 6.45) is 0. The topological polar surface area (TPSA) is 33.1 Å². The molecule has 142 valence electrons. The second-order valence-corrected chi connectivity index (χ2v) is 7.70. The van der Waals surface area contributed by atoms with E-state index in [1.165, 1.54) is 11.1 Å². The molecule has 0 amide bonds. The van der Waals surface area contributed by atoms with Crippen molar-refractivity contribution in [3.63, 3.8) is 0 Å². The number of hydrogen-bond donors (Lipinski definition) is 1. The molecule has 4 nitrogen and oxygen atoms in total. The average Bonchev–Trinajstić information content (AvgIpc) is 2.98. The molecule has 0 radical (unpaired) electrons. The number of piperazine rings is 1. The van der Waals surface area contributed by atoms with Gasteiger partial charge in [0.05, 0.1) is 17.6 Å². The van der Waals surface area contributed by atoms with E-state index in [0.717, 1.165) is 48.7 Å². The van der Waals surface area contributed by atoms with Gasteiger partial charge in [-0.15, -0.1) is 0 Å². The summed E-state index contributed by atoms with van der Waals surface area (Å²) in [7, 11) is 0. The number of imidazole rings is 1. The van der Waals surface area contributed by atoms with Gasteiger partial charge in [0.15, 0.2) is 0 Å². The van der Waals surface area contributed by atoms with E-state index in [1.807, 2.05) is 26.0 Å². The van der Waals surface area contributed by atoms with Crippen LogP contribution < -0.4 is 10.2 Å². The van der Waals surface area contributed by atoms with Crippen molar-refractivity contribution >= 4 is 17.0 Å². The Morgan fingerprint density at radius 2 is 1.56 bits per heavy atom. The van der Waals surface area contributed by atoms with Crippen LogP contribution in [0.1, 0.15) is 27.8 Å². The fraction of sp³-hybridized carbons (Fsp3) is 0.409. The Hall–Kier alpha value is -2.40. The van der Waals surface area contributed by atoms with Crippen LogP contribution >= 0.6 is 0 Å². The van der Waals surface area contributed by atoms with E-state index in [9.17, 15) is 4.39 Å². The van der Waals surface area contributed by atoms with Gasteiger partial charge in [-0.05, 0) is 67.6 Å². The van der Waals surface area contributed by atoms with Gasteiger partial charge in [-0.2, -0.15) is 0 Å². The summed E-state index contributed by atoms with van der Waals surface area (Å²) in [6.45, 7) is 12.5. The molecule has 1 saturated heterocycles. The smallest absolute Gasteiger partial charge is 0.206 e. The maximum absolute atomic E-state index is 14.1. The van der Waals surface area contributed by atoms with Crippen LogP contribution in [0.15, 0.2) is 24.3 Å². The Morgan fingerprint density at radius 3 is 2.22 bits per heavy atom. The van der Waals surface area contributed by atoms with Crippen molar-refractivity contribution in [2.24, 2.45) is 0 Å². The number of nitrogens with zero attached hydrogens (tertiary/aromatic N) is 3. The molecule has 5 heteroatoms. The van der Waals surface area contributed by atoms with Crippen LogP contribution in [0, 0.1) is 33.5 Å². The maximum atomic E-state index is 14.1. The second kappa shape index (κ2) is 6.97. The molecule has 1 fully saturated rings. The fourth-order valence-electron chi connectivity index (χ4n) is 3.94. The van der Waals surface area contributed by atoms with Crippen LogP contribution in [-0.4, -0.2) is 35.7 Å². The second-order valence-electron chi connectivity index (χ2n) is 7.70. The van der Waals surface area contributed by atoms with Crippen molar-refractivity contribution in [2.75, 3.05) is 31.1 Å². The van der Waals surface area contributed by atoms with Gasteiger partial charge in [-0.1, -0.05) is 12.1 Å². The molecule has 3 aromatic rings. The van der Waals surface area contributed by atoms with Crippen LogP contribution in [0.4, 0.5) is 10.3 Å². The van der Waals surface area contributed by atoms with Gasteiger partial charge in [0, 0.05) is 26.2 Å². The van der Waals surface area contributed by atoms with Crippen LogP contribution in [0.25, 0.3) is 11.0 Å². The quantitative estimate of drug-likeness (QED) is 0.764. The molecule has 2 heterocycles. The Morgan fingerprint density at radius 1 is 0.926 bits per heavy atom. The number of fused-ring (bicyclic) bond motifs is 1. The zero-order valence-electron chi connectivity index (χ0n) is 16.6. The van der Waals surface area contributed by atoms with Crippen molar-refractivity contribution < 1.29 is 4.39 Å². The van der Waals surface area contributed by atoms with Gasteiger partial charge in [-0.3, -0.25) is 0 Å². The number of aryl methyl sites for hydroxylation is 4. The molecular formula is C22H27FN4. The first-order valence-electron chi connectivity index (χ1n) is 9.63. The predicted octanol–water partition coefficient (Wildman–Crippen LogP) is 3.87. The van der Waals surface area contributed by atoms with Crippen molar-refractivity contribution in [1.29, 1.82) is 0 Å². The van der Waals surface area contributed by atoms with Gasteiger partial charge >= 0.3 is 0 Å². The van der Waals surface area contributed by atoms with Gasteiger partial charge in [0.25, 0.3) is 0 Å². The van der Waals surface area contributed by atoms with Gasteiger partial charge < -0.3 is 14.8 Å². The molecule has 0 atom stereocenters. The lowest BCUT2D eigenvalue weighted by Crippen LogP contribution is -2.44. The van der Waals surface area contributed by atoms with Crippen molar-refractivity contribution in [1.82, 2.24) is 14.9 Å². The first kappa shape index (κ1) is 18.0. The highest BCUT2D eigenvalue weighted by atomic mass is 19.1. The number of rotatable bonds is 3. The normalized spacial score (nSPS) is 14.9. The Labute approximate surface area is 160 Å². The first-order chi connectivity index (χ1) is 12.9. The lowest BCUT2D eigenvalue weighted by Gasteiger charge is -2.29. The number of halogens is 1. The number of benzene rings is 2. The van der Waals surface area contributed by atoms with Crippen LogP contribution in [0.5, 0.6) is 0 Å². The summed E-state index contributed by atoms with van der Waals surface area (Å²) in [5.41, 5.74) is 7.21. The molecule has 4 rings (SSSR count). The minimum Gasteiger partial charge on any atom is -0.340 e. The summed E-state index contributed by atoms with van der Waals surface area (Å²) >= 11 is 0. The molecule has 1 aliphatic heterocycles. The number of hydrogen-bond acceptors (Lipinski definition) is 3. The Bertz CT molecular complexity index is 976. The Balaban J connectivity index is 1.84. The van der Waals surface area contributed by atoms with Crippen LogP contribution in [0.3, 0.4) is 0 Å². The first-order valence-corrected chi connectivity index (χ1v) is 9.63. The van der Waals surface area contributed by atoms with Crippen LogP contribution in [0.2, 0.25) is 0 Å². The monoisotopic (exact) mass is 366 g/mol. The average molecular weight is 366 g/mol. The van der Waals surface area contributed by atoms with E-state index in [1.54, 1.807) is 0 Å². The molecule has 27 heavy (non-hydrogen) atoms. The van der Waals surface area contributed by atoms with E-state index in [4.69, 9.17) is 4.98 Å². The van der Waals surface area contributed by atoms with Gasteiger partial charge in [0.2, 0.25) is 5.95 Å². The highest BCUT2D eigenvalue weighted by molar-refractivity contribution is 5.81. The van der Waals surface area contributed by atoms with Crippen molar-refractivity contribution in [3.8, 4) is 0 Å². The summed E-state index contributed by atoms with van der Waals surface area (Å²) in [4.78, 5) is 7.34. The minimum absolute atomic E-state index is 0.108. The van der Waals surface area contributed by atoms with E-state index >= 15 is 0 Å². The molecule has 1 aromatic heterocycles. The van der Waals surface area contributed by atoms with E-state index in [2.05, 4.69) is 40.8 Å². The van der Waals surface area contributed by atoms with Crippen LogP contribution in [-0.2, 0) is 6.54 Å². The standard InChI is InChI=1S/C22H27FN4/c1-14-11-19-20(12-15(14)2)27(22(25-19)26-7-5-24-6-8-26)13-18-9-16(3)21(23)17(4)10-18/h9-12,24H,5-8,13H2,1-4H3. The van der Waals surface area contributed by atoms with Crippen molar-refractivity contribution in [3.05, 3.63) is 57.9 Å². The molecule has 1 N–H and O–H groups in total. The van der Waals surface area contributed by atoms with E-state index in [0.29, 0.717) is 17.7 Å². The zero-order valence-corrected chi connectivity index (χ0v) is 16.6. The highest BCUT2D eigenvalue weighted by Crippen LogP contribution is 2.27. The third kappa shape index (κ3) is 3.32. The summed E-state index contributed by atoms with van der Waals surface area (Å²) in [6, 6.07) is 8.31. The fourth-order valence-corrected chi connectivity index (χ4v) is 3.94. The van der Waals surface area contributed by atoms with E-state index < -0.39 is 0 Å². The number of aromatic nitrogens is 2. The number of nitrogens with one attached hydrogen (secondary N) is 1. The molecule has 0 saturated carbocycles. The third-order valence-corrected chi connectivity index (χ3v) is 5.58. The molecule has 0 bridgehead atoms. The minimum atomic E-state index is -0.108. The molecule has 0 aliphatic carbocycles. The van der Waals surface area contributed by atoms with E-state index in [-0.39, 0.29) is 5.82 Å². The summed E-state index contributed by atoms with van der Waals surface area (Å²) in [5.74, 6) is 0.902. The van der Waals surface area contributed by atoms with Crippen molar-refractivity contribution in [2.45, 2.75) is 34.2 Å². The number of anilines is 1. The van der Waals surface area contributed by atoms with Gasteiger partial charge in [-0.25, -0.2) is 9.37 Å². The lowest BCUT2D eigenvalue weighted by atomic mass is 10.1. The lowest BCUT2D eigenvalue weighted by molar-refractivity contribution is 0.571. The predicted molar refractivity (Wildman–Crippen MR) is 109 cm³/mol. The highest BCUT2D eigenvalue weighted by Gasteiger charge is 2.20. The van der Waals surface area contributed by atoms with Gasteiger partial charge in [0.1, 0.15) is 5.82 Å². The molecule has 0 unspecified atom stereocenters. The summed E-state index contributed by atoms with van der Waals surface area (Å²) < 4.78 is 16.4. The maximum Gasteiger partial charge on any atom is 0.206 e. The third-order valence-electron chi connectivity index (χ3n) is 5.58. The zero-order chi connectivity index (χ0) is 19.1. The summed E-state index contributed by atoms with van der Waals surface area (Å²) in [5, 5.41) is 3.41.